The van der Waals surface area contributed by atoms with Crippen molar-refractivity contribution in [2.45, 2.75) is 58.4 Å². The zero-order valence-corrected chi connectivity index (χ0v) is 16.8. The normalized spacial score (nSPS) is 52.8. The highest BCUT2D eigenvalue weighted by Crippen LogP contribution is 2.74. The molecular weight excluding hydrogens is 338 g/mol. The van der Waals surface area contributed by atoms with Crippen LogP contribution in [0.5, 0.6) is 0 Å². The van der Waals surface area contributed by atoms with E-state index in [4.69, 9.17) is 4.74 Å². The van der Waals surface area contributed by atoms with E-state index in [1.807, 2.05) is 0 Å². The fraction of sp³-hybridized carbons (Fsp3) is 0.826. The van der Waals surface area contributed by atoms with Gasteiger partial charge in [0.15, 0.2) is 0 Å². The lowest BCUT2D eigenvalue weighted by Crippen LogP contribution is -2.64. The van der Waals surface area contributed by atoms with Crippen molar-refractivity contribution in [3.8, 4) is 0 Å². The van der Waals surface area contributed by atoms with Crippen LogP contribution in [0.3, 0.4) is 0 Å². The van der Waals surface area contributed by atoms with Gasteiger partial charge in [-0.3, -0.25) is 14.5 Å². The smallest absolute Gasteiger partial charge is 0.309 e. The minimum absolute atomic E-state index is 0.00314. The Bertz CT molecular complexity index is 786. The summed E-state index contributed by atoms with van der Waals surface area (Å²) in [6.07, 6.45) is 6.30. The first-order chi connectivity index (χ1) is 12.9. The van der Waals surface area contributed by atoms with Crippen LogP contribution < -0.4 is 0 Å². The van der Waals surface area contributed by atoms with Gasteiger partial charge in [0.2, 0.25) is 0 Å². The first-order valence-corrected chi connectivity index (χ1v) is 11.0. The molecule has 6 rings (SSSR count). The minimum atomic E-state index is -0.388. The van der Waals surface area contributed by atoms with Crippen LogP contribution in [0.4, 0.5) is 0 Å². The molecule has 4 heteroatoms. The predicted molar refractivity (Wildman–Crippen MR) is 101 cm³/mol. The van der Waals surface area contributed by atoms with Crippen LogP contribution in [0, 0.1) is 40.4 Å². The minimum Gasteiger partial charge on any atom is -0.469 e. The Kier molecular flexibility index (Phi) is 3.14. The molecule has 2 saturated carbocycles. The molecule has 0 radical (unpaired) electrons. The van der Waals surface area contributed by atoms with E-state index in [9.17, 15) is 9.59 Å². The van der Waals surface area contributed by atoms with E-state index >= 15 is 0 Å². The molecule has 4 fully saturated rings. The van der Waals surface area contributed by atoms with Crippen LogP contribution in [-0.2, 0) is 14.3 Å². The molecule has 4 nitrogen and oxygen atoms in total. The Hall–Kier alpha value is -1.16. The number of rotatable bonds is 1. The number of hydrogen-bond acceptors (Lipinski definition) is 4. The van der Waals surface area contributed by atoms with E-state index < -0.39 is 0 Å². The van der Waals surface area contributed by atoms with Crippen LogP contribution in [0.25, 0.3) is 0 Å². The fourth-order valence-electron chi connectivity index (χ4n) is 9.01. The fourth-order valence-corrected chi connectivity index (χ4v) is 9.01. The van der Waals surface area contributed by atoms with Crippen molar-refractivity contribution in [2.24, 2.45) is 40.4 Å². The Balaban J connectivity index is 1.62. The molecule has 146 valence electrons. The highest BCUT2D eigenvalue weighted by atomic mass is 16.5. The molecule has 0 aromatic rings. The molecule has 0 aromatic carbocycles. The summed E-state index contributed by atoms with van der Waals surface area (Å²) in [5.41, 5.74) is 2.61. The molecule has 0 amide bonds. The van der Waals surface area contributed by atoms with E-state index in [1.165, 1.54) is 19.1 Å². The van der Waals surface area contributed by atoms with Gasteiger partial charge in [-0.1, -0.05) is 25.0 Å². The van der Waals surface area contributed by atoms with E-state index in [0.717, 1.165) is 45.2 Å². The van der Waals surface area contributed by atoms with Gasteiger partial charge in [-0.25, -0.2) is 0 Å². The van der Waals surface area contributed by atoms with E-state index in [-0.39, 0.29) is 34.6 Å². The first kappa shape index (κ1) is 16.8. The van der Waals surface area contributed by atoms with Crippen LogP contribution >= 0.6 is 0 Å². The second-order valence-electron chi connectivity index (χ2n) is 10.6. The molecule has 2 saturated heterocycles. The number of carbonyl (C=O) groups is 2. The van der Waals surface area contributed by atoms with Crippen LogP contribution in [0.1, 0.15) is 52.4 Å². The number of Topliss-reactive ketones (excluding diaryl/α,β-unsaturated/α-hetero) is 1. The van der Waals surface area contributed by atoms with E-state index in [0.29, 0.717) is 23.7 Å². The maximum absolute atomic E-state index is 14.3. The molecule has 4 aliphatic carbocycles. The number of esters is 1. The zero-order chi connectivity index (χ0) is 18.7. The Morgan fingerprint density at radius 1 is 1.19 bits per heavy atom. The number of methoxy groups -OCH3 is 1. The second-order valence-corrected chi connectivity index (χ2v) is 10.6. The highest BCUT2D eigenvalue weighted by Gasteiger charge is 2.76. The van der Waals surface area contributed by atoms with Gasteiger partial charge in [-0.15, -0.1) is 0 Å². The standard InChI is InChI=1S/C23H31NO3/c1-12-10-24-11-14-6-4-13-5-7-15-17(21(26)27-3)9-23(19(13)15)20(25)16(12)8-18(24)22(14,23)2/h12,14-18H,4-11H2,1-3H3. The topological polar surface area (TPSA) is 46.6 Å². The second kappa shape index (κ2) is 5.06. The van der Waals surface area contributed by atoms with Crippen molar-refractivity contribution in [3.05, 3.63) is 11.1 Å². The summed E-state index contributed by atoms with van der Waals surface area (Å²) >= 11 is 0. The molecular formula is C23H31NO3. The third-order valence-electron chi connectivity index (χ3n) is 10.1. The van der Waals surface area contributed by atoms with Crippen molar-refractivity contribution in [3.63, 3.8) is 0 Å². The number of ether oxygens (including phenoxy) is 1. The average molecular weight is 370 g/mol. The van der Waals surface area contributed by atoms with Crippen molar-refractivity contribution in [2.75, 3.05) is 20.2 Å². The van der Waals surface area contributed by atoms with Gasteiger partial charge < -0.3 is 4.74 Å². The largest absolute Gasteiger partial charge is 0.469 e. The number of nitrogens with zero attached hydrogens (tertiary/aromatic N) is 1. The molecule has 8 unspecified atom stereocenters. The molecule has 6 aliphatic rings. The lowest BCUT2D eigenvalue weighted by Gasteiger charge is -2.59. The number of ketones is 1. The highest BCUT2D eigenvalue weighted by molar-refractivity contribution is 5.95. The van der Waals surface area contributed by atoms with Gasteiger partial charge in [0, 0.05) is 30.5 Å². The van der Waals surface area contributed by atoms with Crippen molar-refractivity contribution in [1.29, 1.82) is 0 Å². The SMILES string of the molecule is COC(=O)C1CC23C(=O)C4CC5N(CC4C)CC(CCC4=C2C1CC4)C53C. The Morgan fingerprint density at radius 3 is 2.74 bits per heavy atom. The molecule has 2 aliphatic heterocycles. The molecule has 27 heavy (non-hydrogen) atoms. The van der Waals surface area contributed by atoms with Gasteiger partial charge in [0.05, 0.1) is 18.4 Å². The van der Waals surface area contributed by atoms with Gasteiger partial charge in [0.25, 0.3) is 0 Å². The summed E-state index contributed by atoms with van der Waals surface area (Å²) in [7, 11) is 1.51. The third kappa shape index (κ3) is 1.64. The number of hydrogen-bond donors (Lipinski definition) is 0. The maximum atomic E-state index is 14.3. The lowest BCUT2D eigenvalue weighted by molar-refractivity contribution is -0.159. The van der Waals surface area contributed by atoms with Crippen molar-refractivity contribution < 1.29 is 14.3 Å². The van der Waals surface area contributed by atoms with Gasteiger partial charge in [-0.2, -0.15) is 0 Å². The monoisotopic (exact) mass is 369 g/mol. The summed E-state index contributed by atoms with van der Waals surface area (Å²) in [6.45, 7) is 6.96. The Morgan fingerprint density at radius 2 is 1.96 bits per heavy atom. The molecule has 0 N–H and O–H groups in total. The van der Waals surface area contributed by atoms with Gasteiger partial charge >= 0.3 is 5.97 Å². The summed E-state index contributed by atoms with van der Waals surface area (Å²) in [6, 6.07) is 0.519. The van der Waals surface area contributed by atoms with Gasteiger partial charge in [-0.05, 0) is 56.3 Å². The lowest BCUT2D eigenvalue weighted by atomic mass is 9.45. The van der Waals surface area contributed by atoms with Gasteiger partial charge in [0.1, 0.15) is 5.78 Å². The summed E-state index contributed by atoms with van der Waals surface area (Å²) < 4.78 is 5.24. The molecule has 1 spiro atoms. The number of fused-ring (bicyclic) bond motifs is 1. The van der Waals surface area contributed by atoms with Crippen LogP contribution in [0.15, 0.2) is 11.1 Å². The zero-order valence-electron chi connectivity index (χ0n) is 16.8. The van der Waals surface area contributed by atoms with Crippen molar-refractivity contribution >= 4 is 11.8 Å². The molecule has 2 bridgehead atoms. The van der Waals surface area contributed by atoms with E-state index in [2.05, 4.69) is 18.7 Å². The molecule has 0 aromatic heterocycles. The molecule has 8 atom stereocenters. The maximum Gasteiger partial charge on any atom is 0.309 e. The van der Waals surface area contributed by atoms with Crippen molar-refractivity contribution in [1.82, 2.24) is 4.90 Å². The molecule has 2 heterocycles. The number of carbonyl (C=O) groups excluding carboxylic acids is 2. The average Bonchev–Trinajstić information content (AvgIpc) is 3.27. The number of piperidine rings is 1. The summed E-state index contributed by atoms with van der Waals surface area (Å²) in [5, 5.41) is 0. The van der Waals surface area contributed by atoms with E-state index in [1.54, 1.807) is 5.57 Å². The predicted octanol–water partition coefficient (Wildman–Crippen LogP) is 3.21. The number of allylic oxidation sites excluding steroid dienone is 2. The first-order valence-electron chi connectivity index (χ1n) is 11.0. The Labute approximate surface area is 161 Å². The summed E-state index contributed by atoms with van der Waals surface area (Å²) in [5.74, 6) is 1.79. The van der Waals surface area contributed by atoms with Crippen LogP contribution in [-0.4, -0.2) is 42.9 Å². The summed E-state index contributed by atoms with van der Waals surface area (Å²) in [4.78, 5) is 29.7. The van der Waals surface area contributed by atoms with Crippen LogP contribution in [0.2, 0.25) is 0 Å². The quantitative estimate of drug-likeness (QED) is 0.526. The third-order valence-corrected chi connectivity index (χ3v) is 10.1.